The third-order valence-electron chi connectivity index (χ3n) is 1.91. The van der Waals surface area contributed by atoms with Crippen LogP contribution >= 0.6 is 0 Å². The van der Waals surface area contributed by atoms with Gasteiger partial charge in [-0.05, 0) is 17.9 Å². The van der Waals surface area contributed by atoms with Crippen LogP contribution in [-0.2, 0) is 4.74 Å². The smallest absolute Gasteiger partial charge is 0.115 e. The van der Waals surface area contributed by atoms with E-state index in [1.807, 2.05) is 0 Å². The third kappa shape index (κ3) is 2.11. The first-order valence-corrected chi connectivity index (χ1v) is 4.13. The molecule has 1 heteroatoms. The molecule has 1 rings (SSSR count). The van der Waals surface area contributed by atoms with E-state index in [0.717, 1.165) is 24.2 Å². The van der Waals surface area contributed by atoms with Gasteiger partial charge in [0.15, 0.2) is 0 Å². The van der Waals surface area contributed by atoms with Crippen LogP contribution in [0.2, 0.25) is 0 Å². The topological polar surface area (TPSA) is 9.23 Å². The van der Waals surface area contributed by atoms with Crippen molar-refractivity contribution in [2.24, 2.45) is 5.92 Å². The summed E-state index contributed by atoms with van der Waals surface area (Å²) in [5, 5.41) is 0. The average molecular weight is 152 g/mol. The van der Waals surface area contributed by atoms with Crippen molar-refractivity contribution in [1.82, 2.24) is 0 Å². The van der Waals surface area contributed by atoms with E-state index in [1.165, 1.54) is 0 Å². The monoisotopic (exact) mass is 152 g/mol. The molecule has 1 atom stereocenters. The molecule has 0 aliphatic carbocycles. The van der Waals surface area contributed by atoms with Gasteiger partial charge in [-0.25, -0.2) is 0 Å². The standard InChI is InChI=1S/C10H16O/c1-7(2)5-10-6-8(3)9(4)11-10/h7,10H,3-6H2,1-2H3. The first-order valence-electron chi connectivity index (χ1n) is 4.13. The van der Waals surface area contributed by atoms with Gasteiger partial charge in [0.2, 0.25) is 0 Å². The van der Waals surface area contributed by atoms with Crippen molar-refractivity contribution in [2.45, 2.75) is 32.8 Å². The lowest BCUT2D eigenvalue weighted by Crippen LogP contribution is -2.07. The molecular formula is C10H16O. The molecule has 0 amide bonds. The molecule has 1 nitrogen and oxygen atoms in total. The molecule has 11 heavy (non-hydrogen) atoms. The summed E-state index contributed by atoms with van der Waals surface area (Å²) in [6.45, 7) is 12.0. The predicted molar refractivity (Wildman–Crippen MR) is 47.2 cm³/mol. The third-order valence-corrected chi connectivity index (χ3v) is 1.91. The van der Waals surface area contributed by atoms with Crippen molar-refractivity contribution in [3.05, 3.63) is 24.5 Å². The summed E-state index contributed by atoms with van der Waals surface area (Å²) >= 11 is 0. The van der Waals surface area contributed by atoms with Crippen molar-refractivity contribution in [1.29, 1.82) is 0 Å². The van der Waals surface area contributed by atoms with Gasteiger partial charge in [0.25, 0.3) is 0 Å². The predicted octanol–water partition coefficient (Wildman–Crippen LogP) is 2.89. The van der Waals surface area contributed by atoms with Gasteiger partial charge in [0.1, 0.15) is 11.9 Å². The molecule has 0 aromatic carbocycles. The Bertz CT molecular complexity index is 163. The minimum Gasteiger partial charge on any atom is -0.490 e. The van der Waals surface area contributed by atoms with Crippen molar-refractivity contribution < 1.29 is 4.74 Å². The maximum absolute atomic E-state index is 5.49. The molecule has 0 saturated carbocycles. The highest BCUT2D eigenvalue weighted by Gasteiger charge is 2.22. The zero-order valence-corrected chi connectivity index (χ0v) is 7.39. The van der Waals surface area contributed by atoms with Crippen molar-refractivity contribution in [2.75, 3.05) is 0 Å². The summed E-state index contributed by atoms with van der Waals surface area (Å²) in [6.07, 6.45) is 2.42. The van der Waals surface area contributed by atoms with Crippen LogP contribution in [0.3, 0.4) is 0 Å². The summed E-state index contributed by atoms with van der Waals surface area (Å²) in [5.41, 5.74) is 1.07. The van der Waals surface area contributed by atoms with Crippen LogP contribution in [0.4, 0.5) is 0 Å². The first kappa shape index (κ1) is 8.38. The Morgan fingerprint density at radius 3 is 2.55 bits per heavy atom. The van der Waals surface area contributed by atoms with Gasteiger partial charge in [-0.1, -0.05) is 27.0 Å². The Morgan fingerprint density at radius 1 is 1.55 bits per heavy atom. The van der Waals surface area contributed by atoms with Crippen LogP contribution in [0, 0.1) is 5.92 Å². The molecule has 0 radical (unpaired) electrons. The number of rotatable bonds is 2. The van der Waals surface area contributed by atoms with Gasteiger partial charge in [0.05, 0.1) is 0 Å². The van der Waals surface area contributed by atoms with E-state index in [2.05, 4.69) is 27.0 Å². The lowest BCUT2D eigenvalue weighted by Gasteiger charge is -2.11. The average Bonchev–Trinajstić information content (AvgIpc) is 2.10. The van der Waals surface area contributed by atoms with E-state index >= 15 is 0 Å². The van der Waals surface area contributed by atoms with E-state index in [0.29, 0.717) is 12.0 Å². The second kappa shape index (κ2) is 3.12. The Morgan fingerprint density at radius 2 is 2.18 bits per heavy atom. The quantitative estimate of drug-likeness (QED) is 0.591. The van der Waals surface area contributed by atoms with Crippen molar-refractivity contribution in [3.63, 3.8) is 0 Å². The number of ether oxygens (including phenoxy) is 1. The normalized spacial score (nSPS) is 24.5. The number of hydrogen-bond acceptors (Lipinski definition) is 1. The Balaban J connectivity index is 2.41. The maximum Gasteiger partial charge on any atom is 0.115 e. The highest BCUT2D eigenvalue weighted by atomic mass is 16.5. The SMILES string of the molecule is C=C1CC(CC(C)C)OC1=C. The molecule has 1 fully saturated rings. The number of hydrogen-bond donors (Lipinski definition) is 0. The minimum atomic E-state index is 0.343. The van der Waals surface area contributed by atoms with Crippen LogP contribution in [0.5, 0.6) is 0 Å². The van der Waals surface area contributed by atoms with Crippen LogP contribution in [0.15, 0.2) is 24.5 Å². The molecule has 0 bridgehead atoms. The lowest BCUT2D eigenvalue weighted by molar-refractivity contribution is 0.139. The molecule has 1 unspecified atom stereocenters. The molecule has 0 aromatic rings. The van der Waals surface area contributed by atoms with Crippen molar-refractivity contribution in [3.8, 4) is 0 Å². The van der Waals surface area contributed by atoms with Crippen LogP contribution in [0.1, 0.15) is 26.7 Å². The molecule has 0 N–H and O–H groups in total. The molecule has 1 saturated heterocycles. The van der Waals surface area contributed by atoms with Crippen LogP contribution in [-0.4, -0.2) is 6.10 Å². The highest BCUT2D eigenvalue weighted by Crippen LogP contribution is 2.29. The van der Waals surface area contributed by atoms with Gasteiger partial charge < -0.3 is 4.74 Å². The summed E-state index contributed by atoms with van der Waals surface area (Å²) < 4.78 is 5.49. The maximum atomic E-state index is 5.49. The van der Waals surface area contributed by atoms with Gasteiger partial charge in [-0.15, -0.1) is 0 Å². The zero-order valence-electron chi connectivity index (χ0n) is 7.39. The molecule has 1 aliphatic rings. The Kier molecular flexibility index (Phi) is 2.38. The molecule has 62 valence electrons. The largest absolute Gasteiger partial charge is 0.490 e. The zero-order chi connectivity index (χ0) is 8.43. The van der Waals surface area contributed by atoms with Gasteiger partial charge in [-0.3, -0.25) is 0 Å². The number of allylic oxidation sites excluding steroid dienone is 1. The van der Waals surface area contributed by atoms with E-state index in [-0.39, 0.29) is 0 Å². The summed E-state index contributed by atoms with van der Waals surface area (Å²) in [4.78, 5) is 0. The van der Waals surface area contributed by atoms with Crippen LogP contribution < -0.4 is 0 Å². The molecular weight excluding hydrogens is 136 g/mol. The summed E-state index contributed by atoms with van der Waals surface area (Å²) in [6, 6.07) is 0. The van der Waals surface area contributed by atoms with Gasteiger partial charge >= 0.3 is 0 Å². The van der Waals surface area contributed by atoms with E-state index < -0.39 is 0 Å². The lowest BCUT2D eigenvalue weighted by atomic mass is 10.0. The Labute approximate surface area is 68.8 Å². The highest BCUT2D eigenvalue weighted by molar-refractivity contribution is 5.24. The van der Waals surface area contributed by atoms with Gasteiger partial charge in [0, 0.05) is 6.42 Å². The molecule has 0 spiro atoms. The van der Waals surface area contributed by atoms with Crippen LogP contribution in [0.25, 0.3) is 0 Å². The van der Waals surface area contributed by atoms with Gasteiger partial charge in [-0.2, -0.15) is 0 Å². The van der Waals surface area contributed by atoms with Crippen molar-refractivity contribution >= 4 is 0 Å². The minimum absolute atomic E-state index is 0.343. The second-order valence-corrected chi connectivity index (χ2v) is 3.60. The summed E-state index contributed by atoms with van der Waals surface area (Å²) in [5.74, 6) is 1.48. The second-order valence-electron chi connectivity index (χ2n) is 3.60. The fourth-order valence-corrected chi connectivity index (χ4v) is 1.37. The molecule has 1 aliphatic heterocycles. The molecule has 1 heterocycles. The molecule has 0 aromatic heterocycles. The summed E-state index contributed by atoms with van der Waals surface area (Å²) in [7, 11) is 0. The van der Waals surface area contributed by atoms with E-state index in [4.69, 9.17) is 4.74 Å². The fraction of sp³-hybridized carbons (Fsp3) is 0.600. The first-order chi connectivity index (χ1) is 5.09. The van der Waals surface area contributed by atoms with E-state index in [9.17, 15) is 0 Å². The Hall–Kier alpha value is -0.720. The fourth-order valence-electron chi connectivity index (χ4n) is 1.37. The van der Waals surface area contributed by atoms with E-state index in [1.54, 1.807) is 0 Å².